The third-order valence-electron chi connectivity index (χ3n) is 6.47. The number of amides is 2. The molecule has 0 spiro atoms. The van der Waals surface area contributed by atoms with Crippen LogP contribution in [0.25, 0.3) is 0 Å². The minimum absolute atomic E-state index is 0.0460. The summed E-state index contributed by atoms with van der Waals surface area (Å²) in [5, 5.41) is 23.9. The van der Waals surface area contributed by atoms with Crippen molar-refractivity contribution in [2.24, 2.45) is 0 Å². The maximum absolute atomic E-state index is 13.0. The van der Waals surface area contributed by atoms with Gasteiger partial charge in [0, 0.05) is 5.69 Å². The molecule has 236 valence electrons. The Labute approximate surface area is 261 Å². The van der Waals surface area contributed by atoms with Gasteiger partial charge in [0.05, 0.1) is 11.3 Å². The Hall–Kier alpha value is -3.72. The van der Waals surface area contributed by atoms with E-state index in [2.05, 4.69) is 78.3 Å². The molecular weight excluding hydrogens is 564 g/mol. The molecule has 0 aliphatic carbocycles. The first-order chi connectivity index (χ1) is 20.8. The molecule has 0 aliphatic rings. The number of carboxylic acids is 1. The highest BCUT2D eigenvalue weighted by molar-refractivity contribution is 8.01. The first-order valence-corrected chi connectivity index (χ1v) is 15.9. The van der Waals surface area contributed by atoms with E-state index in [0.717, 1.165) is 50.3 Å². The lowest BCUT2D eigenvalue weighted by atomic mass is 10.0. The molecule has 2 amide bonds. The monoisotopic (exact) mass is 612 g/mol. The molecule has 0 heterocycles. The lowest BCUT2D eigenvalue weighted by Crippen LogP contribution is -2.45. The molecule has 0 atom stereocenters. The first-order valence-electron chi connectivity index (χ1n) is 15.0. The van der Waals surface area contributed by atoms with Gasteiger partial charge < -0.3 is 20.3 Å². The minimum atomic E-state index is -1.32. The fraction of sp³-hybridized carbons (Fsp3) is 0.441. The summed E-state index contributed by atoms with van der Waals surface area (Å²) in [5.41, 5.74) is -0.163. The van der Waals surface area contributed by atoms with Crippen LogP contribution >= 0.6 is 11.8 Å². The third kappa shape index (κ3) is 15.9. The minimum Gasteiger partial charge on any atom is -0.507 e. The van der Waals surface area contributed by atoms with Gasteiger partial charge in [-0.25, -0.2) is 9.59 Å². The van der Waals surface area contributed by atoms with E-state index in [-0.39, 0.29) is 30.3 Å². The Kier molecular flexibility index (Phi) is 19.8. The van der Waals surface area contributed by atoms with E-state index in [4.69, 9.17) is 9.84 Å². The zero-order chi connectivity index (χ0) is 31.8. The number of thioether (sulfide) groups is 1. The van der Waals surface area contributed by atoms with E-state index in [1.165, 1.54) is 12.1 Å². The quantitative estimate of drug-likeness (QED) is 0.0627. The van der Waals surface area contributed by atoms with Crippen molar-refractivity contribution < 1.29 is 29.3 Å². The number of aromatic hydroxyl groups is 1. The van der Waals surface area contributed by atoms with Crippen LogP contribution in [0.3, 0.4) is 0 Å². The molecule has 4 N–H and O–H groups in total. The normalized spacial score (nSPS) is 12.3. The number of carbonyl (C=O) groups is 3. The Balaban J connectivity index is 2.30. The average Bonchev–Trinajstić information content (AvgIpc) is 2.99. The van der Waals surface area contributed by atoms with Crippen molar-refractivity contribution in [1.82, 2.24) is 5.32 Å². The van der Waals surface area contributed by atoms with Gasteiger partial charge >= 0.3 is 12.1 Å². The highest BCUT2D eigenvalue weighted by Gasteiger charge is 2.34. The van der Waals surface area contributed by atoms with E-state index in [1.54, 1.807) is 11.8 Å². The topological polar surface area (TPSA) is 125 Å². The molecule has 0 aliphatic heterocycles. The van der Waals surface area contributed by atoms with Gasteiger partial charge in [-0.2, -0.15) is 0 Å². The number of rotatable bonds is 21. The number of benzene rings is 1. The van der Waals surface area contributed by atoms with Crippen LogP contribution in [0.2, 0.25) is 0 Å². The molecule has 9 heteroatoms. The SMILES string of the molecule is CCC=CCC=CCC=CCC=CCC=CCCSC(CC)(CC)C(=O)NCCOC(=O)Nc1ccc(O)c(C(=O)O)c1. The summed E-state index contributed by atoms with van der Waals surface area (Å²) in [5.74, 6) is -0.979. The molecule has 0 aromatic heterocycles. The number of hydrogen-bond donors (Lipinski definition) is 4. The maximum atomic E-state index is 13.0. The predicted molar refractivity (Wildman–Crippen MR) is 178 cm³/mol. The van der Waals surface area contributed by atoms with Crippen molar-refractivity contribution in [1.29, 1.82) is 0 Å². The Bertz CT molecular complexity index is 1140. The zero-order valence-corrected chi connectivity index (χ0v) is 26.5. The molecule has 0 bridgehead atoms. The summed E-state index contributed by atoms with van der Waals surface area (Å²) in [6, 6.07) is 3.67. The Morgan fingerprint density at radius 2 is 1.42 bits per heavy atom. The van der Waals surface area contributed by atoms with Crippen LogP contribution in [0.5, 0.6) is 5.75 Å². The summed E-state index contributed by atoms with van der Waals surface area (Å²) in [4.78, 5) is 36.2. The summed E-state index contributed by atoms with van der Waals surface area (Å²) in [6.07, 6.45) is 28.0. The van der Waals surface area contributed by atoms with E-state index < -0.39 is 22.6 Å². The van der Waals surface area contributed by atoms with Gasteiger partial charge in [0.2, 0.25) is 5.91 Å². The van der Waals surface area contributed by atoms with Crippen molar-refractivity contribution in [3.63, 3.8) is 0 Å². The van der Waals surface area contributed by atoms with Gasteiger partial charge in [0.1, 0.15) is 17.9 Å². The molecule has 0 radical (unpaired) electrons. The summed E-state index contributed by atoms with van der Waals surface area (Å²) < 4.78 is 4.55. The number of aromatic carboxylic acids is 1. The van der Waals surface area contributed by atoms with Crippen LogP contribution in [0.4, 0.5) is 10.5 Å². The molecule has 0 fully saturated rings. The number of anilines is 1. The van der Waals surface area contributed by atoms with Crippen LogP contribution in [-0.2, 0) is 9.53 Å². The fourth-order valence-corrected chi connectivity index (χ4v) is 5.20. The summed E-state index contributed by atoms with van der Waals surface area (Å²) >= 11 is 1.65. The molecule has 1 aromatic rings. The molecule has 43 heavy (non-hydrogen) atoms. The van der Waals surface area contributed by atoms with Gasteiger partial charge in [-0.05, 0) is 75.3 Å². The first kappa shape index (κ1) is 37.3. The molecular formula is C34H48N2O6S. The van der Waals surface area contributed by atoms with Gasteiger partial charge in [-0.3, -0.25) is 10.1 Å². The van der Waals surface area contributed by atoms with Crippen LogP contribution in [0, 0.1) is 0 Å². The van der Waals surface area contributed by atoms with Crippen LogP contribution < -0.4 is 10.6 Å². The summed E-state index contributed by atoms with van der Waals surface area (Å²) in [7, 11) is 0. The van der Waals surface area contributed by atoms with Crippen molar-refractivity contribution >= 4 is 35.4 Å². The van der Waals surface area contributed by atoms with Crippen molar-refractivity contribution in [3.8, 4) is 5.75 Å². The van der Waals surface area contributed by atoms with Crippen LogP contribution in [0.1, 0.15) is 82.5 Å². The second-order valence-electron chi connectivity index (χ2n) is 9.60. The number of ether oxygens (including phenoxy) is 1. The summed E-state index contributed by atoms with van der Waals surface area (Å²) in [6.45, 7) is 6.24. The van der Waals surface area contributed by atoms with Crippen molar-refractivity contribution in [2.45, 2.75) is 76.9 Å². The highest BCUT2D eigenvalue weighted by atomic mass is 32.2. The largest absolute Gasteiger partial charge is 0.507 e. The van der Waals surface area contributed by atoms with Gasteiger partial charge in [0.25, 0.3) is 0 Å². The van der Waals surface area contributed by atoms with Crippen molar-refractivity contribution in [2.75, 3.05) is 24.2 Å². The number of phenols is 1. The van der Waals surface area contributed by atoms with Crippen LogP contribution in [-0.4, -0.2) is 51.8 Å². The fourth-order valence-electron chi connectivity index (χ4n) is 3.94. The highest BCUT2D eigenvalue weighted by Crippen LogP contribution is 2.33. The number of hydrogen-bond acceptors (Lipinski definition) is 6. The zero-order valence-electron chi connectivity index (χ0n) is 25.7. The average molecular weight is 613 g/mol. The molecule has 8 nitrogen and oxygen atoms in total. The molecule has 0 saturated heterocycles. The molecule has 0 unspecified atom stereocenters. The number of allylic oxidation sites excluding steroid dienone is 10. The number of carboxylic acid groups (broad SMARTS) is 1. The van der Waals surface area contributed by atoms with Gasteiger partial charge in [0.15, 0.2) is 0 Å². The van der Waals surface area contributed by atoms with E-state index in [0.29, 0.717) is 12.8 Å². The molecule has 1 aromatic carbocycles. The Morgan fingerprint density at radius 1 is 0.860 bits per heavy atom. The molecule has 0 saturated carbocycles. The number of nitrogens with one attached hydrogen (secondary N) is 2. The molecule has 1 rings (SSSR count). The predicted octanol–water partition coefficient (Wildman–Crippen LogP) is 8.19. The second kappa shape index (κ2) is 22.8. The van der Waals surface area contributed by atoms with E-state index >= 15 is 0 Å². The Morgan fingerprint density at radius 3 is 1.95 bits per heavy atom. The van der Waals surface area contributed by atoms with Gasteiger partial charge in [-0.1, -0.05) is 81.5 Å². The lowest BCUT2D eigenvalue weighted by Gasteiger charge is -2.29. The van der Waals surface area contributed by atoms with E-state index in [1.807, 2.05) is 13.8 Å². The second-order valence-corrected chi connectivity index (χ2v) is 11.1. The van der Waals surface area contributed by atoms with Crippen LogP contribution in [0.15, 0.2) is 79.0 Å². The number of carbonyl (C=O) groups excluding carboxylic acids is 2. The van der Waals surface area contributed by atoms with Crippen molar-refractivity contribution in [3.05, 3.63) is 84.5 Å². The van der Waals surface area contributed by atoms with E-state index in [9.17, 15) is 19.5 Å². The maximum Gasteiger partial charge on any atom is 0.411 e. The smallest absolute Gasteiger partial charge is 0.411 e. The standard InChI is InChI=1S/C34H48N2O6S/c1-4-7-8-9-10-11-12-13-14-15-16-17-18-19-20-21-26-43-34(5-2,6-3)32(40)35-24-25-42-33(41)36-28-22-23-30(37)29(27-28)31(38)39/h7-8,10-11,13-14,16-17,19-20,22-23,27,37H,4-6,9,12,15,18,21,24-26H2,1-3H3,(H,35,40)(H,36,41)(H,38,39). The third-order valence-corrected chi connectivity index (χ3v) is 8.23. The lowest BCUT2D eigenvalue weighted by molar-refractivity contribution is -0.123. The van der Waals surface area contributed by atoms with Gasteiger partial charge in [-0.15, -0.1) is 11.8 Å².